The minimum Gasteiger partial charge on any atom is -0.389 e. The van der Waals surface area contributed by atoms with Gasteiger partial charge in [0.25, 0.3) is 0 Å². The number of nitrogens with one attached hydrogen (secondary N) is 1. The number of aliphatic hydroxyl groups is 1. The molecule has 2 N–H and O–H groups in total. The highest BCUT2D eigenvalue weighted by Crippen LogP contribution is 2.26. The molecule has 0 saturated heterocycles. The van der Waals surface area contributed by atoms with Crippen LogP contribution in [0.15, 0.2) is 0 Å². The van der Waals surface area contributed by atoms with Crippen molar-refractivity contribution in [3.8, 4) is 0 Å². The van der Waals surface area contributed by atoms with Crippen LogP contribution in [0.3, 0.4) is 0 Å². The van der Waals surface area contributed by atoms with Crippen LogP contribution < -0.4 is 5.32 Å². The Morgan fingerprint density at radius 2 is 1.64 bits per heavy atom. The van der Waals surface area contributed by atoms with Crippen LogP contribution in [0.25, 0.3) is 0 Å². The van der Waals surface area contributed by atoms with E-state index in [4.69, 9.17) is 0 Å². The zero-order valence-corrected chi connectivity index (χ0v) is 10.1. The van der Waals surface area contributed by atoms with E-state index in [-0.39, 0.29) is 5.54 Å². The summed E-state index contributed by atoms with van der Waals surface area (Å²) in [5.74, 6) is 0.830. The molecule has 0 spiro atoms. The van der Waals surface area contributed by atoms with E-state index in [2.05, 4.69) is 19.2 Å². The molecule has 0 aromatic heterocycles. The predicted octanol–water partition coefficient (Wildman–Crippen LogP) is 2.32. The summed E-state index contributed by atoms with van der Waals surface area (Å²) < 4.78 is 0. The van der Waals surface area contributed by atoms with E-state index in [0.717, 1.165) is 12.5 Å². The van der Waals surface area contributed by atoms with E-state index < -0.39 is 5.60 Å². The second-order valence-electron chi connectivity index (χ2n) is 5.72. The van der Waals surface area contributed by atoms with Crippen LogP contribution in [0.4, 0.5) is 0 Å². The van der Waals surface area contributed by atoms with Gasteiger partial charge in [0.15, 0.2) is 0 Å². The number of hydrogen-bond acceptors (Lipinski definition) is 2. The van der Waals surface area contributed by atoms with Crippen LogP contribution in [0.5, 0.6) is 0 Å². The van der Waals surface area contributed by atoms with Crippen LogP contribution >= 0.6 is 0 Å². The summed E-state index contributed by atoms with van der Waals surface area (Å²) in [6, 6.07) is 0. The molecule has 0 radical (unpaired) electrons. The largest absolute Gasteiger partial charge is 0.389 e. The minimum absolute atomic E-state index is 0.199. The van der Waals surface area contributed by atoms with Crippen LogP contribution in [-0.2, 0) is 0 Å². The Balaban J connectivity index is 2.35. The monoisotopic (exact) mass is 199 g/mol. The van der Waals surface area contributed by atoms with Crippen molar-refractivity contribution in [1.82, 2.24) is 5.32 Å². The highest BCUT2D eigenvalue weighted by Gasteiger charge is 2.34. The smallest absolute Gasteiger partial charge is 0.0767 e. The molecule has 0 aliphatic heterocycles. The maximum absolute atomic E-state index is 9.96. The molecule has 1 fully saturated rings. The summed E-state index contributed by atoms with van der Waals surface area (Å²) in [7, 11) is 0. The van der Waals surface area contributed by atoms with Gasteiger partial charge in [-0.05, 0) is 53.0 Å². The van der Waals surface area contributed by atoms with E-state index in [0.29, 0.717) is 0 Å². The lowest BCUT2D eigenvalue weighted by Crippen LogP contribution is -2.56. The van der Waals surface area contributed by atoms with Crippen LogP contribution in [0, 0.1) is 5.92 Å². The third kappa shape index (κ3) is 2.96. The molecule has 0 bridgehead atoms. The summed E-state index contributed by atoms with van der Waals surface area (Å²) in [5.41, 5.74) is -0.860. The summed E-state index contributed by atoms with van der Waals surface area (Å²) in [5, 5.41) is 13.4. The summed E-state index contributed by atoms with van der Waals surface area (Å²) >= 11 is 0. The van der Waals surface area contributed by atoms with Crippen molar-refractivity contribution in [2.45, 2.75) is 64.5 Å². The molecule has 84 valence electrons. The van der Waals surface area contributed by atoms with Crippen LogP contribution in [-0.4, -0.2) is 22.8 Å². The Morgan fingerprint density at radius 1 is 1.14 bits per heavy atom. The molecule has 1 aliphatic rings. The molecule has 0 atom stereocenters. The Labute approximate surface area is 88.1 Å². The lowest BCUT2D eigenvalue weighted by molar-refractivity contribution is -0.00597. The molecular formula is C12H25NO. The first-order chi connectivity index (χ1) is 6.33. The Kier molecular flexibility index (Phi) is 3.59. The first-order valence-electron chi connectivity index (χ1n) is 5.80. The van der Waals surface area contributed by atoms with Gasteiger partial charge in [0.05, 0.1) is 5.60 Å². The summed E-state index contributed by atoms with van der Waals surface area (Å²) in [6.07, 6.45) is 5.48. The lowest BCUT2D eigenvalue weighted by Gasteiger charge is -2.39. The average molecular weight is 199 g/mol. The Morgan fingerprint density at radius 3 is 2.07 bits per heavy atom. The highest BCUT2D eigenvalue weighted by atomic mass is 16.3. The lowest BCUT2D eigenvalue weighted by atomic mass is 9.85. The van der Waals surface area contributed by atoms with E-state index in [1.807, 2.05) is 13.8 Å². The maximum Gasteiger partial charge on any atom is 0.0767 e. The van der Waals surface area contributed by atoms with Gasteiger partial charge in [-0.25, -0.2) is 0 Å². The molecule has 0 heterocycles. The highest BCUT2D eigenvalue weighted by molar-refractivity contribution is 4.93. The first kappa shape index (κ1) is 12.0. The van der Waals surface area contributed by atoms with Crippen molar-refractivity contribution < 1.29 is 5.11 Å². The maximum atomic E-state index is 9.96. The van der Waals surface area contributed by atoms with Crippen LogP contribution in [0.2, 0.25) is 0 Å². The van der Waals surface area contributed by atoms with E-state index in [9.17, 15) is 5.11 Å². The third-order valence-corrected chi connectivity index (χ3v) is 3.84. The predicted molar refractivity (Wildman–Crippen MR) is 60.3 cm³/mol. The third-order valence-electron chi connectivity index (χ3n) is 3.84. The average Bonchev–Trinajstić information content (AvgIpc) is 2.50. The Bertz CT molecular complexity index is 175. The minimum atomic E-state index is -0.661. The molecule has 2 nitrogen and oxygen atoms in total. The number of hydrogen-bond donors (Lipinski definition) is 2. The quantitative estimate of drug-likeness (QED) is 0.728. The standard InChI is InChI=1S/C12H25NO/c1-11(2,12(3,4)14)13-9-10-7-5-6-8-10/h10,13-14H,5-9H2,1-4H3. The topological polar surface area (TPSA) is 32.3 Å². The molecule has 2 heteroatoms. The van der Waals surface area contributed by atoms with Crippen LogP contribution in [0.1, 0.15) is 53.4 Å². The van der Waals surface area contributed by atoms with Gasteiger partial charge in [-0.1, -0.05) is 12.8 Å². The molecule has 14 heavy (non-hydrogen) atoms. The molecule has 0 aromatic rings. The van der Waals surface area contributed by atoms with Crippen molar-refractivity contribution in [2.24, 2.45) is 5.92 Å². The van der Waals surface area contributed by atoms with Gasteiger partial charge in [0.2, 0.25) is 0 Å². The molecule has 1 aliphatic carbocycles. The van der Waals surface area contributed by atoms with Crippen molar-refractivity contribution >= 4 is 0 Å². The van der Waals surface area contributed by atoms with Gasteiger partial charge >= 0.3 is 0 Å². The van der Waals surface area contributed by atoms with Gasteiger partial charge in [-0.3, -0.25) is 0 Å². The molecule has 1 rings (SSSR count). The zero-order valence-electron chi connectivity index (χ0n) is 10.1. The number of rotatable bonds is 4. The summed E-state index contributed by atoms with van der Waals surface area (Å²) in [4.78, 5) is 0. The molecule has 0 amide bonds. The SMILES string of the molecule is CC(C)(O)C(C)(C)NCC1CCCC1. The van der Waals surface area contributed by atoms with Gasteiger partial charge < -0.3 is 10.4 Å². The fourth-order valence-electron chi connectivity index (χ4n) is 1.83. The second kappa shape index (κ2) is 4.19. The van der Waals surface area contributed by atoms with Gasteiger partial charge in [-0.2, -0.15) is 0 Å². The molecule has 1 saturated carbocycles. The van der Waals surface area contributed by atoms with Gasteiger partial charge in [-0.15, -0.1) is 0 Å². The second-order valence-corrected chi connectivity index (χ2v) is 5.72. The fourth-order valence-corrected chi connectivity index (χ4v) is 1.83. The normalized spacial score (nSPS) is 20.4. The molecule has 0 aromatic carbocycles. The Hall–Kier alpha value is -0.0800. The van der Waals surface area contributed by atoms with Crippen molar-refractivity contribution in [3.63, 3.8) is 0 Å². The zero-order chi connectivity index (χ0) is 10.8. The van der Waals surface area contributed by atoms with Crippen molar-refractivity contribution in [1.29, 1.82) is 0 Å². The van der Waals surface area contributed by atoms with E-state index >= 15 is 0 Å². The van der Waals surface area contributed by atoms with Gasteiger partial charge in [0, 0.05) is 5.54 Å². The van der Waals surface area contributed by atoms with E-state index in [1.165, 1.54) is 25.7 Å². The van der Waals surface area contributed by atoms with Gasteiger partial charge in [0.1, 0.15) is 0 Å². The van der Waals surface area contributed by atoms with E-state index in [1.54, 1.807) is 0 Å². The molecule has 0 unspecified atom stereocenters. The van der Waals surface area contributed by atoms with Crippen molar-refractivity contribution in [3.05, 3.63) is 0 Å². The van der Waals surface area contributed by atoms with Crippen molar-refractivity contribution in [2.75, 3.05) is 6.54 Å². The first-order valence-corrected chi connectivity index (χ1v) is 5.80. The fraction of sp³-hybridized carbons (Fsp3) is 1.00. The summed E-state index contributed by atoms with van der Waals surface area (Å²) in [6.45, 7) is 8.93. The molecular weight excluding hydrogens is 174 g/mol.